The van der Waals surface area contributed by atoms with Gasteiger partial charge in [0.1, 0.15) is 23.9 Å². The zero-order valence-electron chi connectivity index (χ0n) is 20.1. The third-order valence-corrected chi connectivity index (χ3v) is 8.18. The summed E-state index contributed by atoms with van der Waals surface area (Å²) in [5.74, 6) is -2.19. The van der Waals surface area contributed by atoms with Gasteiger partial charge in [0.25, 0.3) is 0 Å². The van der Waals surface area contributed by atoms with Crippen LogP contribution >= 0.6 is 0 Å². The number of carbonyl (C=O) groups excluding carboxylic acids is 2. The van der Waals surface area contributed by atoms with Crippen molar-refractivity contribution in [3.8, 4) is 0 Å². The molecule has 0 radical (unpaired) electrons. The Balaban J connectivity index is 1.85. The molecule has 0 amide bonds. The van der Waals surface area contributed by atoms with E-state index >= 15 is 0 Å². The van der Waals surface area contributed by atoms with E-state index in [0.29, 0.717) is 6.42 Å². The topological polar surface area (TPSA) is 112 Å². The molecule has 8 nitrogen and oxygen atoms in total. The summed E-state index contributed by atoms with van der Waals surface area (Å²) in [5, 5.41) is 21.8. The summed E-state index contributed by atoms with van der Waals surface area (Å²) in [6.45, 7) is 8.71. The molecule has 4 aliphatic rings. The van der Waals surface area contributed by atoms with Gasteiger partial charge in [-0.05, 0) is 25.8 Å². The van der Waals surface area contributed by atoms with Crippen molar-refractivity contribution in [2.45, 2.75) is 83.3 Å². The molecular formula is C25H36O8. The predicted molar refractivity (Wildman–Crippen MR) is 118 cm³/mol. The van der Waals surface area contributed by atoms with E-state index in [1.54, 1.807) is 6.92 Å². The Hall–Kier alpha value is -1.74. The van der Waals surface area contributed by atoms with Crippen molar-refractivity contribution in [2.24, 2.45) is 29.6 Å². The molecule has 33 heavy (non-hydrogen) atoms. The average Bonchev–Trinajstić information content (AvgIpc) is 2.94. The first kappa shape index (κ1) is 24.4. The Bertz CT molecular complexity index is 849. The summed E-state index contributed by atoms with van der Waals surface area (Å²) in [7, 11) is 1.46. The fourth-order valence-electron chi connectivity index (χ4n) is 6.69. The number of ether oxygens (including phenoxy) is 4. The van der Waals surface area contributed by atoms with Gasteiger partial charge in [0.05, 0.1) is 12.2 Å². The molecule has 12 atom stereocenters. The zero-order chi connectivity index (χ0) is 24.2. The Morgan fingerprint density at radius 3 is 2.61 bits per heavy atom. The first-order valence-corrected chi connectivity index (χ1v) is 11.8. The van der Waals surface area contributed by atoms with E-state index in [9.17, 15) is 19.8 Å². The van der Waals surface area contributed by atoms with Gasteiger partial charge >= 0.3 is 11.9 Å². The molecule has 2 N–H and O–H groups in total. The van der Waals surface area contributed by atoms with Gasteiger partial charge in [0.15, 0.2) is 6.10 Å². The van der Waals surface area contributed by atoms with E-state index in [2.05, 4.69) is 0 Å². The van der Waals surface area contributed by atoms with Crippen molar-refractivity contribution in [1.82, 2.24) is 0 Å². The number of carbonyl (C=O) groups is 2. The number of methoxy groups -OCH3 is 1. The number of aliphatic hydroxyl groups is 2. The van der Waals surface area contributed by atoms with Crippen LogP contribution in [0.25, 0.3) is 0 Å². The molecule has 0 aromatic carbocycles. The van der Waals surface area contributed by atoms with Gasteiger partial charge in [-0.3, -0.25) is 4.79 Å². The summed E-state index contributed by atoms with van der Waals surface area (Å²) >= 11 is 0. The van der Waals surface area contributed by atoms with Crippen LogP contribution in [0.2, 0.25) is 0 Å². The van der Waals surface area contributed by atoms with Gasteiger partial charge in [0, 0.05) is 43.6 Å². The van der Waals surface area contributed by atoms with E-state index in [-0.39, 0.29) is 29.6 Å². The molecule has 0 unspecified atom stereocenters. The van der Waals surface area contributed by atoms with Crippen molar-refractivity contribution in [3.05, 3.63) is 23.8 Å². The number of aliphatic hydroxyl groups excluding tert-OH is 2. The highest BCUT2D eigenvalue weighted by atomic mass is 16.6. The number of cyclic esters (lactones) is 1. The third kappa shape index (κ3) is 3.75. The molecule has 8 heteroatoms. The van der Waals surface area contributed by atoms with Crippen LogP contribution in [0.4, 0.5) is 0 Å². The molecule has 1 spiro atoms. The minimum atomic E-state index is -0.890. The maximum Gasteiger partial charge on any atom is 0.335 e. The Labute approximate surface area is 194 Å². The molecule has 2 heterocycles. The van der Waals surface area contributed by atoms with Crippen molar-refractivity contribution in [2.75, 3.05) is 7.11 Å². The smallest absolute Gasteiger partial charge is 0.335 e. The fraction of sp³-hybridized carbons (Fsp3) is 0.760. The van der Waals surface area contributed by atoms with Crippen molar-refractivity contribution in [3.63, 3.8) is 0 Å². The summed E-state index contributed by atoms with van der Waals surface area (Å²) in [4.78, 5) is 24.8. The lowest BCUT2D eigenvalue weighted by Crippen LogP contribution is -2.57. The van der Waals surface area contributed by atoms with Gasteiger partial charge in [-0.25, -0.2) is 4.79 Å². The van der Waals surface area contributed by atoms with Crippen molar-refractivity contribution in [1.29, 1.82) is 0 Å². The molecule has 2 aliphatic heterocycles. The first-order valence-electron chi connectivity index (χ1n) is 11.8. The maximum atomic E-state index is 12.9. The van der Waals surface area contributed by atoms with E-state index in [1.165, 1.54) is 14.0 Å². The fourth-order valence-corrected chi connectivity index (χ4v) is 6.69. The molecule has 0 aromatic rings. The first-order chi connectivity index (χ1) is 15.5. The Kier molecular flexibility index (Phi) is 6.50. The maximum absolute atomic E-state index is 12.9. The SMILES string of the molecule is CO[C@H]1C[C@H]2C=C[C@H]3[C@H]4O[C@]2(/C(C)=C/[C@@H](C)[C@@H]([C@@H](C)O)OC1=O)[C@@H]3[C@H](O)[C@@H](C)[C@H]4OC(C)=O. The Morgan fingerprint density at radius 1 is 1.30 bits per heavy atom. The largest absolute Gasteiger partial charge is 0.459 e. The standard InChI is InChI=1S/C25H36O8/c1-11-9-12(2)25-16(10-18(30-6)24(29)32-21(11)14(4)26)7-8-17-19(25)20(28)13(3)22(23(17)33-25)31-15(5)27/h7-9,11,13-14,16-23,26,28H,10H2,1-6H3/b12-9+/t11-,13-,14-,16-,17-,18+,19+,20-,21+,22-,23-,25+/m1/s1. The lowest BCUT2D eigenvalue weighted by Gasteiger charge is -2.48. The predicted octanol–water partition coefficient (Wildman–Crippen LogP) is 1.78. The van der Waals surface area contributed by atoms with Crippen LogP contribution in [-0.2, 0) is 28.5 Å². The molecule has 4 bridgehead atoms. The second-order valence-corrected chi connectivity index (χ2v) is 10.2. The second-order valence-electron chi connectivity index (χ2n) is 10.2. The molecule has 2 aliphatic carbocycles. The summed E-state index contributed by atoms with van der Waals surface area (Å²) in [6, 6.07) is 0. The van der Waals surface area contributed by atoms with Crippen LogP contribution in [0.5, 0.6) is 0 Å². The molecule has 4 rings (SSSR count). The molecule has 184 valence electrons. The summed E-state index contributed by atoms with van der Waals surface area (Å²) in [6.07, 6.45) is 2.15. The van der Waals surface area contributed by atoms with Crippen LogP contribution < -0.4 is 0 Å². The highest BCUT2D eigenvalue weighted by molar-refractivity contribution is 5.75. The van der Waals surface area contributed by atoms with Crippen LogP contribution in [0.3, 0.4) is 0 Å². The third-order valence-electron chi connectivity index (χ3n) is 8.18. The van der Waals surface area contributed by atoms with Crippen molar-refractivity contribution < 1.29 is 38.7 Å². The van der Waals surface area contributed by atoms with Gasteiger partial charge in [-0.1, -0.05) is 32.1 Å². The van der Waals surface area contributed by atoms with Crippen LogP contribution in [0.15, 0.2) is 23.8 Å². The molecule has 2 fully saturated rings. The minimum Gasteiger partial charge on any atom is -0.459 e. The van der Waals surface area contributed by atoms with Crippen LogP contribution in [0, 0.1) is 29.6 Å². The normalized spacial score (nSPS) is 49.3. The lowest BCUT2D eigenvalue weighted by molar-refractivity contribution is -0.173. The van der Waals surface area contributed by atoms with E-state index in [4.69, 9.17) is 18.9 Å². The molecular weight excluding hydrogens is 428 g/mol. The highest BCUT2D eigenvalue weighted by Gasteiger charge is 2.69. The number of hydrogen-bond donors (Lipinski definition) is 2. The van der Waals surface area contributed by atoms with Crippen LogP contribution in [0.1, 0.15) is 41.0 Å². The van der Waals surface area contributed by atoms with Crippen LogP contribution in [-0.4, -0.2) is 71.5 Å². The van der Waals surface area contributed by atoms with E-state index < -0.39 is 54.2 Å². The number of esters is 2. The van der Waals surface area contributed by atoms with E-state index in [1.807, 2.05) is 39.0 Å². The van der Waals surface area contributed by atoms with Gasteiger partial charge < -0.3 is 29.2 Å². The lowest BCUT2D eigenvalue weighted by atomic mass is 9.57. The monoisotopic (exact) mass is 464 g/mol. The second kappa shape index (κ2) is 8.80. The Morgan fingerprint density at radius 2 is 2.00 bits per heavy atom. The summed E-state index contributed by atoms with van der Waals surface area (Å²) < 4.78 is 23.7. The summed E-state index contributed by atoms with van der Waals surface area (Å²) in [5.41, 5.74) is 0.0217. The molecule has 1 saturated carbocycles. The minimum absolute atomic E-state index is 0.126. The average molecular weight is 465 g/mol. The molecule has 1 saturated heterocycles. The number of rotatable bonds is 3. The molecule has 0 aromatic heterocycles. The number of hydrogen-bond acceptors (Lipinski definition) is 8. The van der Waals surface area contributed by atoms with Gasteiger partial charge in [-0.15, -0.1) is 0 Å². The van der Waals surface area contributed by atoms with Gasteiger partial charge in [0.2, 0.25) is 0 Å². The van der Waals surface area contributed by atoms with Gasteiger partial charge in [-0.2, -0.15) is 0 Å². The zero-order valence-corrected chi connectivity index (χ0v) is 20.1. The quantitative estimate of drug-likeness (QED) is 0.480. The van der Waals surface area contributed by atoms with Crippen molar-refractivity contribution >= 4 is 11.9 Å². The highest BCUT2D eigenvalue weighted by Crippen LogP contribution is 2.61. The van der Waals surface area contributed by atoms with E-state index in [0.717, 1.165) is 5.57 Å².